The minimum Gasteiger partial charge on any atom is -0.364 e. The van der Waals surface area contributed by atoms with Gasteiger partial charge in [0.15, 0.2) is 0 Å². The number of nitrogens with zero attached hydrogens (tertiary/aromatic N) is 2. The number of carbonyl (C=O) groups is 2. The van der Waals surface area contributed by atoms with E-state index in [4.69, 9.17) is 10.3 Å². The van der Waals surface area contributed by atoms with Crippen molar-refractivity contribution >= 4 is 33.3 Å². The number of hydrazone groups is 1. The van der Waals surface area contributed by atoms with Crippen LogP contribution in [-0.4, -0.2) is 30.5 Å². The molecular weight excluding hydrogens is 274 g/mol. The van der Waals surface area contributed by atoms with Crippen molar-refractivity contribution in [2.24, 2.45) is 10.8 Å². The van der Waals surface area contributed by atoms with Gasteiger partial charge >= 0.3 is 0 Å². The molecule has 1 aromatic rings. The van der Waals surface area contributed by atoms with Gasteiger partial charge in [-0.05, 0) is 24.3 Å². The van der Waals surface area contributed by atoms with Crippen molar-refractivity contribution in [3.8, 4) is 0 Å². The Kier molecular flexibility index (Phi) is 3.08. The fourth-order valence-corrected chi connectivity index (χ4v) is 2.01. The highest BCUT2D eigenvalue weighted by Crippen LogP contribution is 2.22. The molecule has 19 heavy (non-hydrogen) atoms. The SMILES string of the molecule is NC(=O)C1=NN(c2ccc(S(=O)(=O)O)cc2)C(=O)C1. The van der Waals surface area contributed by atoms with E-state index in [2.05, 4.69) is 5.10 Å². The van der Waals surface area contributed by atoms with Crippen molar-refractivity contribution in [2.75, 3.05) is 5.01 Å². The van der Waals surface area contributed by atoms with Crippen molar-refractivity contribution < 1.29 is 22.6 Å². The largest absolute Gasteiger partial charge is 0.364 e. The molecule has 3 N–H and O–H groups in total. The van der Waals surface area contributed by atoms with Gasteiger partial charge in [-0.15, -0.1) is 0 Å². The normalized spacial score (nSPS) is 15.5. The number of rotatable bonds is 3. The maximum absolute atomic E-state index is 11.6. The molecule has 0 bridgehead atoms. The minimum absolute atomic E-state index is 0.0659. The molecule has 1 aliphatic heterocycles. The quantitative estimate of drug-likeness (QED) is 0.723. The highest BCUT2D eigenvalue weighted by molar-refractivity contribution is 7.85. The third kappa shape index (κ3) is 2.61. The molecule has 0 radical (unpaired) electrons. The second-order valence-corrected chi connectivity index (χ2v) is 5.18. The van der Waals surface area contributed by atoms with E-state index < -0.39 is 21.9 Å². The number of hydrogen-bond donors (Lipinski definition) is 2. The van der Waals surface area contributed by atoms with Crippen LogP contribution in [-0.2, 0) is 19.7 Å². The maximum atomic E-state index is 11.6. The van der Waals surface area contributed by atoms with Crippen molar-refractivity contribution in [3.05, 3.63) is 24.3 Å². The summed E-state index contributed by atoms with van der Waals surface area (Å²) in [6, 6.07) is 4.81. The summed E-state index contributed by atoms with van der Waals surface area (Å²) in [5, 5.41) is 4.70. The second kappa shape index (κ2) is 4.44. The average molecular weight is 283 g/mol. The van der Waals surface area contributed by atoms with Gasteiger partial charge in [-0.1, -0.05) is 0 Å². The molecule has 2 rings (SSSR count). The lowest BCUT2D eigenvalue weighted by Crippen LogP contribution is -2.22. The highest BCUT2D eigenvalue weighted by atomic mass is 32.2. The maximum Gasteiger partial charge on any atom is 0.294 e. The van der Waals surface area contributed by atoms with Gasteiger partial charge in [0.05, 0.1) is 17.0 Å². The van der Waals surface area contributed by atoms with Crippen LogP contribution in [0.5, 0.6) is 0 Å². The van der Waals surface area contributed by atoms with Crippen LogP contribution in [0, 0.1) is 0 Å². The zero-order valence-electron chi connectivity index (χ0n) is 9.48. The molecule has 1 heterocycles. The fourth-order valence-electron chi connectivity index (χ4n) is 1.53. The topological polar surface area (TPSA) is 130 Å². The van der Waals surface area contributed by atoms with Crippen LogP contribution >= 0.6 is 0 Å². The van der Waals surface area contributed by atoms with E-state index >= 15 is 0 Å². The number of hydrogen-bond acceptors (Lipinski definition) is 5. The summed E-state index contributed by atoms with van der Waals surface area (Å²) in [6.07, 6.45) is -0.199. The van der Waals surface area contributed by atoms with Gasteiger partial charge in [0.2, 0.25) is 0 Å². The summed E-state index contributed by atoms with van der Waals surface area (Å²) in [7, 11) is -4.29. The number of amides is 2. The summed E-state index contributed by atoms with van der Waals surface area (Å²) in [5.41, 5.74) is 5.23. The Morgan fingerprint density at radius 3 is 2.32 bits per heavy atom. The Hall–Kier alpha value is -2.26. The summed E-state index contributed by atoms with van der Waals surface area (Å²) >= 11 is 0. The lowest BCUT2D eigenvalue weighted by Gasteiger charge is -2.11. The average Bonchev–Trinajstić information content (AvgIpc) is 2.70. The molecule has 0 unspecified atom stereocenters. The Morgan fingerprint density at radius 2 is 1.89 bits per heavy atom. The first kappa shape index (κ1) is 13.2. The van der Waals surface area contributed by atoms with E-state index in [0.29, 0.717) is 0 Å². The zero-order valence-corrected chi connectivity index (χ0v) is 10.3. The molecule has 9 heteroatoms. The van der Waals surface area contributed by atoms with Crippen LogP contribution in [0.3, 0.4) is 0 Å². The molecule has 0 saturated carbocycles. The Labute approximate surface area is 108 Å². The first-order valence-corrected chi connectivity index (χ1v) is 6.51. The second-order valence-electron chi connectivity index (χ2n) is 3.76. The molecule has 1 aliphatic rings. The van der Waals surface area contributed by atoms with Gasteiger partial charge in [-0.2, -0.15) is 18.5 Å². The van der Waals surface area contributed by atoms with Gasteiger partial charge in [0, 0.05) is 0 Å². The van der Waals surface area contributed by atoms with Crippen molar-refractivity contribution in [1.82, 2.24) is 0 Å². The predicted molar refractivity (Wildman–Crippen MR) is 65.0 cm³/mol. The third-order valence-electron chi connectivity index (χ3n) is 2.44. The number of nitrogens with two attached hydrogens (primary N) is 1. The number of benzene rings is 1. The smallest absolute Gasteiger partial charge is 0.294 e. The van der Waals surface area contributed by atoms with E-state index in [1.165, 1.54) is 12.1 Å². The van der Waals surface area contributed by atoms with E-state index in [-0.39, 0.29) is 22.7 Å². The summed E-state index contributed by atoms with van der Waals surface area (Å²) in [4.78, 5) is 22.2. The summed E-state index contributed by atoms with van der Waals surface area (Å²) in [5.74, 6) is -1.24. The van der Waals surface area contributed by atoms with Gasteiger partial charge in [0.1, 0.15) is 5.71 Å². The van der Waals surface area contributed by atoms with E-state index in [1.54, 1.807) is 0 Å². The van der Waals surface area contributed by atoms with Crippen molar-refractivity contribution in [3.63, 3.8) is 0 Å². The van der Waals surface area contributed by atoms with Crippen LogP contribution < -0.4 is 10.7 Å². The van der Waals surface area contributed by atoms with E-state index in [9.17, 15) is 18.0 Å². The highest BCUT2D eigenvalue weighted by Gasteiger charge is 2.28. The zero-order chi connectivity index (χ0) is 14.2. The Morgan fingerprint density at radius 1 is 1.32 bits per heavy atom. The molecule has 0 aromatic heterocycles. The molecule has 1 aromatic carbocycles. The van der Waals surface area contributed by atoms with Crippen molar-refractivity contribution in [1.29, 1.82) is 0 Å². The summed E-state index contributed by atoms with van der Waals surface area (Å²) < 4.78 is 30.5. The van der Waals surface area contributed by atoms with Crippen LogP contribution in [0.1, 0.15) is 6.42 Å². The van der Waals surface area contributed by atoms with Gasteiger partial charge in [0.25, 0.3) is 21.9 Å². The molecule has 8 nitrogen and oxygen atoms in total. The first-order valence-electron chi connectivity index (χ1n) is 5.07. The molecule has 0 atom stereocenters. The Bertz CT molecular complexity index is 678. The lowest BCUT2D eigenvalue weighted by molar-refractivity contribution is -0.117. The standard InChI is InChI=1S/C10H9N3O5S/c11-10(15)8-5-9(14)13(12-8)6-1-3-7(4-2-6)19(16,17)18/h1-4H,5H2,(H2,11,15)(H,16,17,18). The van der Waals surface area contributed by atoms with E-state index in [0.717, 1.165) is 17.1 Å². The van der Waals surface area contributed by atoms with Crippen LogP contribution in [0.15, 0.2) is 34.3 Å². The lowest BCUT2D eigenvalue weighted by atomic mass is 10.2. The fraction of sp³-hybridized carbons (Fsp3) is 0.100. The molecule has 0 aliphatic carbocycles. The number of primary amides is 1. The van der Waals surface area contributed by atoms with Crippen LogP contribution in [0.2, 0.25) is 0 Å². The van der Waals surface area contributed by atoms with Gasteiger partial charge in [-0.3, -0.25) is 14.1 Å². The van der Waals surface area contributed by atoms with Crippen molar-refractivity contribution in [2.45, 2.75) is 11.3 Å². The van der Waals surface area contributed by atoms with Gasteiger partial charge in [-0.25, -0.2) is 0 Å². The molecular formula is C10H9N3O5S. The van der Waals surface area contributed by atoms with Crippen LogP contribution in [0.4, 0.5) is 5.69 Å². The monoisotopic (exact) mass is 283 g/mol. The van der Waals surface area contributed by atoms with Gasteiger partial charge < -0.3 is 5.73 Å². The number of anilines is 1. The molecule has 0 spiro atoms. The third-order valence-corrected chi connectivity index (χ3v) is 3.31. The van der Waals surface area contributed by atoms with Crippen LogP contribution in [0.25, 0.3) is 0 Å². The first-order chi connectivity index (χ1) is 8.79. The molecule has 0 fully saturated rings. The number of carbonyl (C=O) groups excluding carboxylic acids is 2. The Balaban J connectivity index is 2.34. The molecule has 0 saturated heterocycles. The molecule has 2 amide bonds. The predicted octanol–water partition coefficient (Wildman–Crippen LogP) is -0.489. The molecule has 100 valence electrons. The minimum atomic E-state index is -4.29. The summed E-state index contributed by atoms with van der Waals surface area (Å²) in [6.45, 7) is 0. The van der Waals surface area contributed by atoms with E-state index in [1.807, 2.05) is 0 Å².